The summed E-state index contributed by atoms with van der Waals surface area (Å²) in [7, 11) is 0. The highest BCUT2D eigenvalue weighted by atomic mass is 16.1. The number of nitrogens with one attached hydrogen (secondary N) is 2. The molecule has 2 aromatic heterocycles. The first-order valence-corrected chi connectivity index (χ1v) is 9.67. The molecule has 1 saturated carbocycles. The Labute approximate surface area is 159 Å². The molecule has 0 saturated heterocycles. The number of carbonyl (C=O) groups excluding carboxylic acids is 1. The van der Waals surface area contributed by atoms with Gasteiger partial charge in [-0.05, 0) is 37.1 Å². The fourth-order valence-electron chi connectivity index (χ4n) is 3.70. The fraction of sp³-hybridized carbons (Fsp3) is 0.318. The Balaban J connectivity index is 1.50. The van der Waals surface area contributed by atoms with E-state index in [9.17, 15) is 4.79 Å². The predicted octanol–water partition coefficient (Wildman–Crippen LogP) is 5.02. The summed E-state index contributed by atoms with van der Waals surface area (Å²) < 4.78 is 0. The van der Waals surface area contributed by atoms with E-state index in [0.29, 0.717) is 17.4 Å². The summed E-state index contributed by atoms with van der Waals surface area (Å²) in [5.74, 6) is -0.224. The Kier molecular flexibility index (Phi) is 5.28. The van der Waals surface area contributed by atoms with E-state index in [2.05, 4.69) is 20.6 Å². The average Bonchev–Trinajstić information content (AvgIpc) is 2.97. The molecule has 0 atom stereocenters. The summed E-state index contributed by atoms with van der Waals surface area (Å²) in [6.07, 6.45) is 11.0. The molecule has 1 aromatic carbocycles. The number of hydrogen-bond donors (Lipinski definition) is 2. The molecule has 5 nitrogen and oxygen atoms in total. The van der Waals surface area contributed by atoms with Gasteiger partial charge in [-0.15, -0.1) is 0 Å². The van der Waals surface area contributed by atoms with Gasteiger partial charge < -0.3 is 10.6 Å². The zero-order chi connectivity index (χ0) is 18.5. The molecule has 138 valence electrons. The molecule has 2 heterocycles. The van der Waals surface area contributed by atoms with Gasteiger partial charge in [0.1, 0.15) is 5.69 Å². The predicted molar refractivity (Wildman–Crippen MR) is 109 cm³/mol. The number of anilines is 2. The number of aromatic nitrogens is 2. The number of pyridine rings is 2. The third-order valence-corrected chi connectivity index (χ3v) is 5.10. The van der Waals surface area contributed by atoms with E-state index in [1.54, 1.807) is 12.4 Å². The number of para-hydroxylation sites is 1. The smallest absolute Gasteiger partial charge is 0.274 e. The van der Waals surface area contributed by atoms with E-state index < -0.39 is 0 Å². The minimum Gasteiger partial charge on any atom is -0.382 e. The summed E-state index contributed by atoms with van der Waals surface area (Å²) in [6.45, 7) is 0. The van der Waals surface area contributed by atoms with Crippen LogP contribution < -0.4 is 10.6 Å². The highest BCUT2D eigenvalue weighted by molar-refractivity contribution is 6.07. The molecule has 5 heteroatoms. The molecule has 1 amide bonds. The van der Waals surface area contributed by atoms with E-state index >= 15 is 0 Å². The summed E-state index contributed by atoms with van der Waals surface area (Å²) >= 11 is 0. The van der Waals surface area contributed by atoms with Crippen LogP contribution in [0.25, 0.3) is 10.9 Å². The third kappa shape index (κ3) is 4.25. The average molecular weight is 360 g/mol. The molecular formula is C22H24N4O. The SMILES string of the molecule is O=C(Nc1cccc2cccnc12)c1cc(NC2CCCCCC2)ccn1. The second-order valence-corrected chi connectivity index (χ2v) is 7.10. The number of hydrogen-bond acceptors (Lipinski definition) is 4. The normalized spacial score (nSPS) is 15.3. The van der Waals surface area contributed by atoms with Crippen molar-refractivity contribution in [3.05, 3.63) is 60.6 Å². The van der Waals surface area contributed by atoms with E-state index in [-0.39, 0.29) is 5.91 Å². The van der Waals surface area contributed by atoms with Crippen LogP contribution in [0.15, 0.2) is 54.9 Å². The Hall–Kier alpha value is -2.95. The second-order valence-electron chi connectivity index (χ2n) is 7.10. The van der Waals surface area contributed by atoms with Gasteiger partial charge in [-0.1, -0.05) is 43.9 Å². The van der Waals surface area contributed by atoms with Crippen molar-refractivity contribution in [3.8, 4) is 0 Å². The van der Waals surface area contributed by atoms with Crippen LogP contribution in [0.2, 0.25) is 0 Å². The number of rotatable bonds is 4. The van der Waals surface area contributed by atoms with Gasteiger partial charge in [-0.2, -0.15) is 0 Å². The van der Waals surface area contributed by atoms with Gasteiger partial charge in [0.25, 0.3) is 5.91 Å². The van der Waals surface area contributed by atoms with E-state index in [1.165, 1.54) is 38.5 Å². The van der Waals surface area contributed by atoms with Gasteiger partial charge in [-0.25, -0.2) is 0 Å². The highest BCUT2D eigenvalue weighted by Crippen LogP contribution is 2.23. The maximum absolute atomic E-state index is 12.7. The van der Waals surface area contributed by atoms with Crippen molar-refractivity contribution in [2.75, 3.05) is 10.6 Å². The molecule has 4 rings (SSSR count). The van der Waals surface area contributed by atoms with Crippen molar-refractivity contribution in [2.45, 2.75) is 44.6 Å². The van der Waals surface area contributed by atoms with Gasteiger partial charge in [0, 0.05) is 29.5 Å². The second kappa shape index (κ2) is 8.16. The van der Waals surface area contributed by atoms with Crippen molar-refractivity contribution in [1.29, 1.82) is 0 Å². The summed E-state index contributed by atoms with van der Waals surface area (Å²) in [6, 6.07) is 13.9. The monoisotopic (exact) mass is 360 g/mol. The molecule has 0 aliphatic heterocycles. The van der Waals surface area contributed by atoms with Crippen molar-refractivity contribution >= 4 is 28.2 Å². The Morgan fingerprint density at radius 1 is 0.926 bits per heavy atom. The van der Waals surface area contributed by atoms with E-state index in [1.807, 2.05) is 42.5 Å². The molecule has 1 aliphatic rings. The van der Waals surface area contributed by atoms with Crippen LogP contribution in [0.1, 0.15) is 49.0 Å². The van der Waals surface area contributed by atoms with Gasteiger partial charge in [-0.3, -0.25) is 14.8 Å². The molecule has 0 spiro atoms. The maximum Gasteiger partial charge on any atom is 0.274 e. The van der Waals surface area contributed by atoms with E-state index in [0.717, 1.165) is 16.6 Å². The zero-order valence-corrected chi connectivity index (χ0v) is 15.3. The molecule has 27 heavy (non-hydrogen) atoms. The van der Waals surface area contributed by atoms with Gasteiger partial charge >= 0.3 is 0 Å². The topological polar surface area (TPSA) is 66.9 Å². The summed E-state index contributed by atoms with van der Waals surface area (Å²) in [4.78, 5) is 21.4. The third-order valence-electron chi connectivity index (χ3n) is 5.10. The number of carbonyl (C=O) groups is 1. The lowest BCUT2D eigenvalue weighted by Gasteiger charge is -2.18. The number of nitrogens with zero attached hydrogens (tertiary/aromatic N) is 2. The Bertz CT molecular complexity index is 927. The maximum atomic E-state index is 12.7. The number of fused-ring (bicyclic) bond motifs is 1. The van der Waals surface area contributed by atoms with E-state index in [4.69, 9.17) is 0 Å². The number of amides is 1. The molecule has 0 bridgehead atoms. The van der Waals surface area contributed by atoms with Gasteiger partial charge in [0.15, 0.2) is 0 Å². The zero-order valence-electron chi connectivity index (χ0n) is 15.3. The fourth-order valence-corrected chi connectivity index (χ4v) is 3.70. The molecule has 0 unspecified atom stereocenters. The first-order valence-electron chi connectivity index (χ1n) is 9.67. The minimum absolute atomic E-state index is 0.224. The van der Waals surface area contributed by atoms with Crippen LogP contribution in [0.5, 0.6) is 0 Å². The van der Waals surface area contributed by atoms with Crippen LogP contribution in [0.3, 0.4) is 0 Å². The molecule has 3 aromatic rings. The van der Waals surface area contributed by atoms with Gasteiger partial charge in [0.2, 0.25) is 0 Å². The molecule has 1 fully saturated rings. The van der Waals surface area contributed by atoms with Crippen molar-refractivity contribution in [1.82, 2.24) is 9.97 Å². The molecule has 1 aliphatic carbocycles. The first-order chi connectivity index (χ1) is 13.3. The largest absolute Gasteiger partial charge is 0.382 e. The number of benzene rings is 1. The standard InChI is InChI=1S/C22H24N4O/c27-22(26-19-11-5-7-16-8-6-13-24-21(16)19)20-15-18(12-14-23-20)25-17-9-3-1-2-4-10-17/h5-8,11-15,17H,1-4,9-10H2,(H,23,25)(H,26,27). The minimum atomic E-state index is -0.224. The Morgan fingerprint density at radius 2 is 1.74 bits per heavy atom. The quantitative estimate of drug-likeness (QED) is 0.641. The van der Waals surface area contributed by atoms with Crippen molar-refractivity contribution in [3.63, 3.8) is 0 Å². The lowest BCUT2D eigenvalue weighted by atomic mass is 10.1. The van der Waals surface area contributed by atoms with Crippen molar-refractivity contribution < 1.29 is 4.79 Å². The summed E-state index contributed by atoms with van der Waals surface area (Å²) in [5.41, 5.74) is 2.84. The van der Waals surface area contributed by atoms with Gasteiger partial charge in [0.05, 0.1) is 11.2 Å². The van der Waals surface area contributed by atoms with Crippen LogP contribution in [-0.2, 0) is 0 Å². The lowest BCUT2D eigenvalue weighted by Crippen LogP contribution is -2.19. The van der Waals surface area contributed by atoms with Crippen LogP contribution >= 0.6 is 0 Å². The molecule has 2 N–H and O–H groups in total. The van der Waals surface area contributed by atoms with Crippen LogP contribution in [0, 0.1) is 0 Å². The van der Waals surface area contributed by atoms with Crippen LogP contribution in [-0.4, -0.2) is 21.9 Å². The highest BCUT2D eigenvalue weighted by Gasteiger charge is 2.14. The van der Waals surface area contributed by atoms with Crippen LogP contribution in [0.4, 0.5) is 11.4 Å². The Morgan fingerprint density at radius 3 is 2.59 bits per heavy atom. The summed E-state index contributed by atoms with van der Waals surface area (Å²) in [5, 5.41) is 7.52. The lowest BCUT2D eigenvalue weighted by molar-refractivity contribution is 0.102. The molecular weight excluding hydrogens is 336 g/mol. The first kappa shape index (κ1) is 17.5. The molecule has 0 radical (unpaired) electrons. The van der Waals surface area contributed by atoms with Crippen molar-refractivity contribution in [2.24, 2.45) is 0 Å².